The Hall–Kier alpha value is -2.52. The number of halogens is 6. The molecule has 0 spiro atoms. The number of nitrogens with one attached hydrogen (secondary N) is 1. The molecule has 2 N–H and O–H groups in total. The summed E-state index contributed by atoms with van der Waals surface area (Å²) >= 11 is 1.61. The van der Waals surface area contributed by atoms with Crippen LogP contribution in [0.3, 0.4) is 0 Å². The van der Waals surface area contributed by atoms with Crippen molar-refractivity contribution in [3.63, 3.8) is 0 Å². The molecule has 0 radical (unpaired) electrons. The quantitative estimate of drug-likeness (QED) is 0.230. The lowest BCUT2D eigenvalue weighted by atomic mass is 10.0. The molecule has 0 aliphatic heterocycles. The summed E-state index contributed by atoms with van der Waals surface area (Å²) in [5.74, 6) is 3.17. The van der Waals surface area contributed by atoms with Crippen molar-refractivity contribution in [1.82, 2.24) is 5.32 Å². The van der Waals surface area contributed by atoms with Crippen molar-refractivity contribution in [3.8, 4) is 28.7 Å². The number of rotatable bonds is 11. The summed E-state index contributed by atoms with van der Waals surface area (Å²) in [6.07, 6.45) is -9.37. The van der Waals surface area contributed by atoms with Crippen LogP contribution in [0.2, 0.25) is 0 Å². The Morgan fingerprint density at radius 2 is 1.83 bits per heavy atom. The maximum atomic E-state index is 12.5. The highest BCUT2D eigenvalue weighted by Gasteiger charge is 2.70. The van der Waals surface area contributed by atoms with Gasteiger partial charge in [-0.25, -0.2) is 0 Å². The second-order valence-corrected chi connectivity index (χ2v) is 8.11. The number of benzene rings is 1. The second kappa shape index (κ2) is 13.0. The van der Waals surface area contributed by atoms with Gasteiger partial charge in [0.1, 0.15) is 12.4 Å². The smallest absolute Gasteiger partial charge is 0.438 e. The number of thiophene rings is 1. The number of aliphatic hydroxyl groups is 1. The van der Waals surface area contributed by atoms with Crippen molar-refractivity contribution in [2.45, 2.75) is 37.4 Å². The van der Waals surface area contributed by atoms with Gasteiger partial charge in [0.2, 0.25) is 0 Å². The van der Waals surface area contributed by atoms with Crippen LogP contribution in [-0.4, -0.2) is 55.5 Å². The first-order valence-electron chi connectivity index (χ1n) is 10.6. The van der Waals surface area contributed by atoms with Crippen molar-refractivity contribution in [2.24, 2.45) is 0 Å². The predicted octanol–water partition coefficient (Wildman–Crippen LogP) is 5.59. The van der Waals surface area contributed by atoms with Crippen LogP contribution in [0.25, 0.3) is 11.1 Å². The number of allylic oxidation sites excluding steroid dienone is 1. The highest BCUT2D eigenvalue weighted by molar-refractivity contribution is 7.08. The third-order valence-electron chi connectivity index (χ3n) is 4.76. The summed E-state index contributed by atoms with van der Waals surface area (Å²) in [4.78, 5) is 0. The van der Waals surface area contributed by atoms with Crippen LogP contribution in [0.4, 0.5) is 26.3 Å². The predicted molar refractivity (Wildman–Crippen MR) is 122 cm³/mol. The van der Waals surface area contributed by atoms with Crippen molar-refractivity contribution in [1.29, 1.82) is 0 Å². The van der Waals surface area contributed by atoms with E-state index >= 15 is 0 Å². The molecule has 2 rings (SSSR count). The van der Waals surface area contributed by atoms with Gasteiger partial charge in [-0.05, 0) is 58.5 Å². The summed E-state index contributed by atoms with van der Waals surface area (Å²) in [7, 11) is 0. The van der Waals surface area contributed by atoms with E-state index < -0.39 is 18.0 Å². The van der Waals surface area contributed by atoms with Crippen LogP contribution in [0.5, 0.6) is 5.75 Å². The second-order valence-electron chi connectivity index (χ2n) is 7.33. The van der Waals surface area contributed by atoms with Gasteiger partial charge in [0.15, 0.2) is 0 Å². The lowest BCUT2D eigenvalue weighted by Gasteiger charge is -2.27. The monoisotopic (exact) mass is 521 g/mol. The Kier molecular flexibility index (Phi) is 10.6. The van der Waals surface area contributed by atoms with Crippen LogP contribution in [0.1, 0.15) is 13.3 Å². The normalized spacial score (nSPS) is 13.5. The summed E-state index contributed by atoms with van der Waals surface area (Å²) in [6, 6.07) is 9.73. The van der Waals surface area contributed by atoms with E-state index in [9.17, 15) is 26.3 Å². The van der Waals surface area contributed by atoms with E-state index in [4.69, 9.17) is 14.6 Å². The maximum absolute atomic E-state index is 12.5. The van der Waals surface area contributed by atoms with Gasteiger partial charge in [0.05, 0.1) is 12.7 Å². The lowest BCUT2D eigenvalue weighted by molar-refractivity contribution is -0.343. The van der Waals surface area contributed by atoms with Crippen LogP contribution in [0, 0.1) is 11.8 Å². The molecule has 1 heterocycles. The lowest BCUT2D eigenvalue weighted by Crippen LogP contribution is -2.55. The zero-order valence-corrected chi connectivity index (χ0v) is 19.6. The minimum atomic E-state index is -5.97. The minimum Gasteiger partial charge on any atom is -0.491 e. The molecule has 2 aromatic rings. The van der Waals surface area contributed by atoms with Crippen LogP contribution >= 0.6 is 11.3 Å². The standard InChI is InChI=1S/C24H25F6NO3S/c1-2-20(16-31-11-5-3-4-10-22(32,23(25,26)27)24(28,29)30)33-12-13-34-21-8-6-7-18(15-21)19-9-14-35-17-19/h3,5-9,14-15,17,20,31-32H,2,11-13,16H2,1H3/b5-3+. The zero-order valence-electron chi connectivity index (χ0n) is 18.7. The molecule has 0 bridgehead atoms. The Balaban J connectivity index is 1.71. The van der Waals surface area contributed by atoms with Crippen molar-refractivity contribution < 1.29 is 40.9 Å². The topological polar surface area (TPSA) is 50.7 Å². The first-order chi connectivity index (χ1) is 16.5. The molecule has 192 valence electrons. The van der Waals surface area contributed by atoms with E-state index in [2.05, 4.69) is 5.32 Å². The fraction of sp³-hybridized carbons (Fsp3) is 0.417. The van der Waals surface area contributed by atoms with Gasteiger partial charge in [-0.3, -0.25) is 0 Å². The molecule has 0 saturated carbocycles. The van der Waals surface area contributed by atoms with Crippen LogP contribution < -0.4 is 10.1 Å². The summed E-state index contributed by atoms with van der Waals surface area (Å²) in [5.41, 5.74) is -2.91. The first-order valence-corrected chi connectivity index (χ1v) is 11.5. The third-order valence-corrected chi connectivity index (χ3v) is 5.44. The van der Waals surface area contributed by atoms with Gasteiger partial charge in [0.25, 0.3) is 0 Å². The van der Waals surface area contributed by atoms with E-state index in [1.807, 2.05) is 48.0 Å². The molecule has 1 aromatic carbocycles. The fourth-order valence-electron chi connectivity index (χ4n) is 2.78. The van der Waals surface area contributed by atoms with E-state index in [1.54, 1.807) is 17.3 Å². The summed E-state index contributed by atoms with van der Waals surface area (Å²) < 4.78 is 86.6. The molecule has 0 amide bonds. The summed E-state index contributed by atoms with van der Waals surface area (Å²) in [6.45, 7) is 3.11. The highest BCUT2D eigenvalue weighted by atomic mass is 32.1. The Labute approximate surface area is 203 Å². The van der Waals surface area contributed by atoms with Gasteiger partial charge >= 0.3 is 18.0 Å². The van der Waals surface area contributed by atoms with Gasteiger partial charge in [-0.2, -0.15) is 37.7 Å². The Bertz CT molecular complexity index is 979. The molecule has 11 heteroatoms. The number of hydrogen-bond acceptors (Lipinski definition) is 5. The molecule has 0 saturated heterocycles. The molecule has 1 aromatic heterocycles. The molecule has 35 heavy (non-hydrogen) atoms. The third kappa shape index (κ3) is 8.58. The van der Waals surface area contributed by atoms with E-state index in [1.165, 1.54) is 6.08 Å². The number of ether oxygens (including phenoxy) is 2. The average molecular weight is 522 g/mol. The highest BCUT2D eigenvalue weighted by Crippen LogP contribution is 2.42. The van der Waals surface area contributed by atoms with Gasteiger partial charge in [0, 0.05) is 13.1 Å². The SMILES string of the molecule is CCC(CNC/C=C/C#CC(O)(C(F)(F)F)C(F)(F)F)OCCOc1cccc(-c2ccsc2)c1. The van der Waals surface area contributed by atoms with Gasteiger partial charge in [-0.15, -0.1) is 0 Å². The maximum Gasteiger partial charge on any atom is 0.438 e. The zero-order chi connectivity index (χ0) is 26.0. The molecule has 4 nitrogen and oxygen atoms in total. The molecule has 1 atom stereocenters. The molecule has 0 aliphatic carbocycles. The Morgan fingerprint density at radius 1 is 1.09 bits per heavy atom. The Morgan fingerprint density at radius 3 is 2.46 bits per heavy atom. The van der Waals surface area contributed by atoms with E-state index in [0.29, 0.717) is 26.2 Å². The summed E-state index contributed by atoms with van der Waals surface area (Å²) in [5, 5.41) is 15.9. The molecular formula is C24H25F6NO3S. The first kappa shape index (κ1) is 28.7. The minimum absolute atomic E-state index is 0.136. The van der Waals surface area contributed by atoms with Crippen LogP contribution in [0.15, 0.2) is 53.2 Å². The fourth-order valence-corrected chi connectivity index (χ4v) is 3.45. The van der Waals surface area contributed by atoms with Gasteiger partial charge < -0.3 is 19.9 Å². The van der Waals surface area contributed by atoms with Crippen molar-refractivity contribution in [3.05, 3.63) is 53.2 Å². The van der Waals surface area contributed by atoms with Crippen molar-refractivity contribution >= 4 is 11.3 Å². The van der Waals surface area contributed by atoms with E-state index in [-0.39, 0.29) is 12.6 Å². The average Bonchev–Trinajstić information content (AvgIpc) is 3.33. The molecule has 0 fully saturated rings. The largest absolute Gasteiger partial charge is 0.491 e. The van der Waals surface area contributed by atoms with Crippen LogP contribution in [-0.2, 0) is 4.74 Å². The number of alkyl halides is 6. The van der Waals surface area contributed by atoms with Gasteiger partial charge in [-0.1, -0.05) is 31.1 Å². The molecular weight excluding hydrogens is 496 g/mol. The van der Waals surface area contributed by atoms with Crippen molar-refractivity contribution in [2.75, 3.05) is 26.3 Å². The number of hydrogen-bond donors (Lipinski definition) is 2. The van der Waals surface area contributed by atoms with E-state index in [0.717, 1.165) is 28.9 Å². The molecule has 1 unspecified atom stereocenters. The molecule has 0 aliphatic rings.